The zero-order chi connectivity index (χ0) is 13.8. The molecular weight excluding hydrogens is 258 g/mol. The first-order chi connectivity index (χ1) is 8.33. The van der Waals surface area contributed by atoms with Gasteiger partial charge in [0.1, 0.15) is 5.75 Å². The zero-order valence-electron chi connectivity index (χ0n) is 9.84. The van der Waals surface area contributed by atoms with Gasteiger partial charge in [-0.2, -0.15) is 0 Å². The van der Waals surface area contributed by atoms with Crippen LogP contribution in [-0.4, -0.2) is 33.7 Å². The number of nitrogens with one attached hydrogen (secondary N) is 1. The fourth-order valence-corrected chi connectivity index (χ4v) is 1.66. The van der Waals surface area contributed by atoms with Crippen LogP contribution in [-0.2, 0) is 10.0 Å². The lowest BCUT2D eigenvalue weighted by Gasteiger charge is -2.08. The fraction of sp³-hybridized carbons (Fsp3) is 0.300. The van der Waals surface area contributed by atoms with Crippen LogP contribution in [0, 0.1) is 0 Å². The molecule has 0 aliphatic rings. The van der Waals surface area contributed by atoms with Gasteiger partial charge in [0.05, 0.1) is 18.4 Å². The number of hydrogen-bond acceptors (Lipinski definition) is 5. The van der Waals surface area contributed by atoms with Gasteiger partial charge in [0.15, 0.2) is 0 Å². The van der Waals surface area contributed by atoms with Gasteiger partial charge in [-0.3, -0.25) is 4.79 Å². The van der Waals surface area contributed by atoms with Crippen molar-refractivity contribution in [3.05, 3.63) is 23.8 Å². The van der Waals surface area contributed by atoms with Crippen molar-refractivity contribution in [3.63, 3.8) is 0 Å². The molecule has 0 unspecified atom stereocenters. The normalized spacial score (nSPS) is 11.0. The maximum Gasteiger partial charge on any atom is 0.253 e. The highest BCUT2D eigenvalue weighted by atomic mass is 32.2. The Balaban J connectivity index is 2.67. The second-order valence-corrected chi connectivity index (χ2v) is 5.31. The standard InChI is InChI=1S/C10H15N3O4S/c1-17-7-2-3-8(9(11)6-7)10(14)13-4-5-18(12,15)16/h2-3,6H,4-5,11H2,1H3,(H,13,14)(H2,12,15,16). The maximum absolute atomic E-state index is 11.7. The Labute approximate surface area is 105 Å². The third kappa shape index (κ3) is 4.22. The van der Waals surface area contributed by atoms with E-state index in [2.05, 4.69) is 5.32 Å². The van der Waals surface area contributed by atoms with E-state index in [-0.39, 0.29) is 23.5 Å². The van der Waals surface area contributed by atoms with Gasteiger partial charge in [-0.15, -0.1) is 0 Å². The summed E-state index contributed by atoms with van der Waals surface area (Å²) in [7, 11) is -2.10. The molecule has 0 aliphatic heterocycles. The van der Waals surface area contributed by atoms with Crippen molar-refractivity contribution in [2.75, 3.05) is 25.1 Å². The molecule has 1 aromatic rings. The molecular formula is C10H15N3O4S. The van der Waals surface area contributed by atoms with Crippen LogP contribution in [0.4, 0.5) is 5.69 Å². The predicted molar refractivity (Wildman–Crippen MR) is 67.7 cm³/mol. The first-order valence-corrected chi connectivity index (χ1v) is 6.77. The van der Waals surface area contributed by atoms with Crippen LogP contribution >= 0.6 is 0 Å². The summed E-state index contributed by atoms with van der Waals surface area (Å²) in [4.78, 5) is 11.7. The molecule has 7 nitrogen and oxygen atoms in total. The van der Waals surface area contributed by atoms with Crippen LogP contribution in [0.3, 0.4) is 0 Å². The van der Waals surface area contributed by atoms with Crippen molar-refractivity contribution in [3.8, 4) is 5.75 Å². The van der Waals surface area contributed by atoms with Gasteiger partial charge in [-0.05, 0) is 12.1 Å². The number of nitrogen functional groups attached to an aromatic ring is 1. The van der Waals surface area contributed by atoms with E-state index < -0.39 is 15.9 Å². The molecule has 0 fully saturated rings. The largest absolute Gasteiger partial charge is 0.497 e. The molecule has 0 saturated carbocycles. The summed E-state index contributed by atoms with van der Waals surface area (Å²) in [5, 5.41) is 7.22. The summed E-state index contributed by atoms with van der Waals surface area (Å²) >= 11 is 0. The number of hydrogen-bond donors (Lipinski definition) is 3. The van der Waals surface area contributed by atoms with Gasteiger partial charge in [0.2, 0.25) is 10.0 Å². The Morgan fingerprint density at radius 3 is 2.61 bits per heavy atom. The minimum Gasteiger partial charge on any atom is -0.497 e. The van der Waals surface area contributed by atoms with Crippen molar-refractivity contribution >= 4 is 21.6 Å². The number of amides is 1. The fourth-order valence-electron chi connectivity index (χ4n) is 1.28. The van der Waals surface area contributed by atoms with Crippen molar-refractivity contribution in [1.29, 1.82) is 0 Å². The highest BCUT2D eigenvalue weighted by Crippen LogP contribution is 2.19. The monoisotopic (exact) mass is 273 g/mol. The summed E-state index contributed by atoms with van der Waals surface area (Å²) < 4.78 is 26.3. The van der Waals surface area contributed by atoms with E-state index >= 15 is 0 Å². The molecule has 0 aliphatic carbocycles. The molecule has 5 N–H and O–H groups in total. The van der Waals surface area contributed by atoms with Crippen molar-refractivity contribution in [2.24, 2.45) is 5.14 Å². The number of ether oxygens (including phenoxy) is 1. The molecule has 0 bridgehead atoms. The van der Waals surface area contributed by atoms with Crippen LogP contribution < -0.4 is 20.9 Å². The molecule has 0 atom stereocenters. The van der Waals surface area contributed by atoms with Gasteiger partial charge in [-0.1, -0.05) is 0 Å². The first kappa shape index (κ1) is 14.3. The molecule has 8 heteroatoms. The summed E-state index contributed by atoms with van der Waals surface area (Å²) in [6.07, 6.45) is 0. The highest BCUT2D eigenvalue weighted by Gasteiger charge is 2.11. The van der Waals surface area contributed by atoms with E-state index in [4.69, 9.17) is 15.6 Å². The summed E-state index contributed by atoms with van der Waals surface area (Å²) in [5.41, 5.74) is 6.18. The molecule has 0 heterocycles. The lowest BCUT2D eigenvalue weighted by Crippen LogP contribution is -2.31. The van der Waals surface area contributed by atoms with Crippen molar-refractivity contribution < 1.29 is 17.9 Å². The highest BCUT2D eigenvalue weighted by molar-refractivity contribution is 7.89. The van der Waals surface area contributed by atoms with Gasteiger partial charge >= 0.3 is 0 Å². The van der Waals surface area contributed by atoms with E-state index in [9.17, 15) is 13.2 Å². The second kappa shape index (κ2) is 5.69. The molecule has 0 radical (unpaired) electrons. The van der Waals surface area contributed by atoms with Crippen LogP contribution in [0.5, 0.6) is 5.75 Å². The molecule has 1 aromatic carbocycles. The molecule has 0 aromatic heterocycles. The molecule has 100 valence electrons. The quantitative estimate of drug-likeness (QED) is 0.611. The van der Waals surface area contributed by atoms with Gasteiger partial charge in [0, 0.05) is 18.3 Å². The average Bonchev–Trinajstić information content (AvgIpc) is 2.26. The Bertz CT molecular complexity index is 542. The van der Waals surface area contributed by atoms with Crippen LogP contribution in [0.2, 0.25) is 0 Å². The minimum atomic E-state index is -3.59. The lowest BCUT2D eigenvalue weighted by molar-refractivity contribution is 0.0957. The third-order valence-corrected chi connectivity index (χ3v) is 2.95. The number of anilines is 1. The van der Waals surface area contributed by atoms with Crippen molar-refractivity contribution in [1.82, 2.24) is 5.32 Å². The van der Waals surface area contributed by atoms with E-state index in [0.717, 1.165) is 0 Å². The number of rotatable bonds is 5. The third-order valence-electron chi connectivity index (χ3n) is 2.18. The summed E-state index contributed by atoms with van der Waals surface area (Å²) in [6.45, 7) is -0.0663. The second-order valence-electron chi connectivity index (χ2n) is 3.58. The number of primary sulfonamides is 1. The van der Waals surface area contributed by atoms with Crippen LogP contribution in [0.15, 0.2) is 18.2 Å². The number of benzene rings is 1. The number of methoxy groups -OCH3 is 1. The number of carbonyl (C=O) groups excluding carboxylic acids is 1. The average molecular weight is 273 g/mol. The maximum atomic E-state index is 11.7. The summed E-state index contributed by atoms with van der Waals surface area (Å²) in [6, 6.07) is 4.60. The lowest BCUT2D eigenvalue weighted by atomic mass is 10.1. The first-order valence-electron chi connectivity index (χ1n) is 5.05. The van der Waals surface area contributed by atoms with E-state index in [1.54, 1.807) is 6.07 Å². The SMILES string of the molecule is COc1ccc(C(=O)NCCS(N)(=O)=O)c(N)c1. The van der Waals surface area contributed by atoms with Gasteiger partial charge < -0.3 is 15.8 Å². The van der Waals surface area contributed by atoms with E-state index in [0.29, 0.717) is 5.75 Å². The Morgan fingerprint density at radius 1 is 1.44 bits per heavy atom. The van der Waals surface area contributed by atoms with Crippen LogP contribution in [0.1, 0.15) is 10.4 Å². The number of carbonyl (C=O) groups is 1. The number of nitrogens with two attached hydrogens (primary N) is 2. The topological polar surface area (TPSA) is 125 Å². The smallest absolute Gasteiger partial charge is 0.253 e. The number of sulfonamides is 1. The van der Waals surface area contributed by atoms with Crippen LogP contribution in [0.25, 0.3) is 0 Å². The summed E-state index contributed by atoms with van der Waals surface area (Å²) in [5.74, 6) is -0.248. The predicted octanol–water partition coefficient (Wildman–Crippen LogP) is -0.704. The van der Waals surface area contributed by atoms with Gasteiger partial charge in [-0.25, -0.2) is 13.6 Å². The van der Waals surface area contributed by atoms with E-state index in [1.165, 1.54) is 19.2 Å². The molecule has 1 rings (SSSR count). The molecule has 0 spiro atoms. The van der Waals surface area contributed by atoms with Gasteiger partial charge in [0.25, 0.3) is 5.91 Å². The zero-order valence-corrected chi connectivity index (χ0v) is 10.7. The minimum absolute atomic E-state index is 0.0663. The Morgan fingerprint density at radius 2 is 2.11 bits per heavy atom. The van der Waals surface area contributed by atoms with Crippen molar-refractivity contribution in [2.45, 2.75) is 0 Å². The Hall–Kier alpha value is -1.80. The molecule has 0 saturated heterocycles. The van der Waals surface area contributed by atoms with E-state index in [1.807, 2.05) is 0 Å². The Kier molecular flexibility index (Phi) is 4.51. The molecule has 1 amide bonds. The molecule has 18 heavy (non-hydrogen) atoms.